The molecule has 0 fully saturated rings. The number of phenolic OH excluding ortho intramolecular Hbond substituents is 1. The third-order valence-corrected chi connectivity index (χ3v) is 4.17. The van der Waals surface area contributed by atoms with Crippen molar-refractivity contribution >= 4 is 17.7 Å². The summed E-state index contributed by atoms with van der Waals surface area (Å²) in [5.41, 5.74) is 12.3. The van der Waals surface area contributed by atoms with Gasteiger partial charge in [-0.1, -0.05) is 12.1 Å². The zero-order chi connectivity index (χ0) is 21.4. The van der Waals surface area contributed by atoms with E-state index in [0.29, 0.717) is 5.69 Å². The molecule has 11 heteroatoms. The number of imidazole rings is 1. The van der Waals surface area contributed by atoms with Gasteiger partial charge in [-0.05, 0) is 24.1 Å². The number of nitrogens with zero attached hydrogens (tertiary/aromatic N) is 1. The minimum absolute atomic E-state index is 0.0317. The SMILES string of the molecule is NC(=O)[C@H](CO)NC(=O)[C@H](Cc1c[nH]cn1)NC(=O)[C@@H](N)Cc1ccc(O)cc1. The number of amides is 3. The molecule has 0 spiro atoms. The lowest BCUT2D eigenvalue weighted by atomic mass is 10.0. The standard InChI is InChI=1S/C18H24N6O5/c19-13(5-10-1-3-12(26)4-2-10)17(28)23-14(6-11-7-21-9-22-11)18(29)24-15(8-25)16(20)27/h1-4,7,9,13-15,25-26H,5-6,8,19H2,(H2,20,27)(H,21,22)(H,23,28)(H,24,29)/t13-,14-,15-/m0/s1. The van der Waals surface area contributed by atoms with Gasteiger partial charge in [0, 0.05) is 12.6 Å². The Kier molecular flexibility index (Phi) is 7.69. The van der Waals surface area contributed by atoms with Crippen LogP contribution in [0.3, 0.4) is 0 Å². The third-order valence-electron chi connectivity index (χ3n) is 4.17. The van der Waals surface area contributed by atoms with Gasteiger partial charge in [-0.15, -0.1) is 0 Å². The Balaban J connectivity index is 2.06. The lowest BCUT2D eigenvalue weighted by Gasteiger charge is -2.22. The van der Waals surface area contributed by atoms with Crippen molar-refractivity contribution in [2.45, 2.75) is 31.0 Å². The number of hydrogen-bond acceptors (Lipinski definition) is 7. The molecule has 0 aliphatic heterocycles. The number of nitrogens with one attached hydrogen (secondary N) is 3. The predicted molar refractivity (Wildman–Crippen MR) is 102 cm³/mol. The summed E-state index contributed by atoms with van der Waals surface area (Å²) in [5, 5.41) is 23.3. The average molecular weight is 404 g/mol. The minimum atomic E-state index is -1.29. The normalized spacial score (nSPS) is 13.9. The van der Waals surface area contributed by atoms with Gasteiger partial charge in [0.15, 0.2) is 0 Å². The number of rotatable bonds is 10. The summed E-state index contributed by atoms with van der Waals surface area (Å²) < 4.78 is 0. The number of aromatic hydroxyl groups is 1. The maximum atomic E-state index is 12.5. The van der Waals surface area contributed by atoms with Crippen LogP contribution in [0.15, 0.2) is 36.8 Å². The van der Waals surface area contributed by atoms with Crippen LogP contribution in [0.1, 0.15) is 11.3 Å². The van der Waals surface area contributed by atoms with E-state index < -0.39 is 42.5 Å². The van der Waals surface area contributed by atoms with Crippen LogP contribution >= 0.6 is 0 Å². The van der Waals surface area contributed by atoms with E-state index in [1.165, 1.54) is 18.5 Å². The molecule has 0 radical (unpaired) electrons. The first-order valence-corrected chi connectivity index (χ1v) is 8.82. The molecular weight excluding hydrogens is 380 g/mol. The number of H-pyrrole nitrogens is 1. The Labute approximate surface area is 166 Å². The van der Waals surface area contributed by atoms with Gasteiger partial charge >= 0.3 is 0 Å². The number of nitrogens with two attached hydrogens (primary N) is 2. The number of carbonyl (C=O) groups excluding carboxylic acids is 3. The number of aliphatic hydroxyl groups is 1. The van der Waals surface area contributed by atoms with Crippen molar-refractivity contribution < 1.29 is 24.6 Å². The van der Waals surface area contributed by atoms with Crippen molar-refractivity contribution in [2.75, 3.05) is 6.61 Å². The van der Waals surface area contributed by atoms with Crippen LogP contribution in [-0.4, -0.2) is 62.6 Å². The molecule has 3 atom stereocenters. The summed E-state index contributed by atoms with van der Waals surface area (Å²) in [6, 6.07) is 2.89. The molecule has 0 saturated carbocycles. The van der Waals surface area contributed by atoms with E-state index >= 15 is 0 Å². The molecule has 11 nitrogen and oxygen atoms in total. The molecule has 0 aliphatic rings. The van der Waals surface area contributed by atoms with E-state index in [4.69, 9.17) is 11.5 Å². The molecule has 1 heterocycles. The van der Waals surface area contributed by atoms with Crippen LogP contribution in [0.25, 0.3) is 0 Å². The van der Waals surface area contributed by atoms with Crippen LogP contribution in [0, 0.1) is 0 Å². The average Bonchev–Trinajstić information content (AvgIpc) is 3.19. The Morgan fingerprint density at radius 1 is 1.07 bits per heavy atom. The number of benzene rings is 1. The van der Waals surface area contributed by atoms with Gasteiger partial charge in [-0.2, -0.15) is 0 Å². The van der Waals surface area contributed by atoms with Crippen LogP contribution in [0.4, 0.5) is 0 Å². The van der Waals surface area contributed by atoms with Gasteiger partial charge in [0.2, 0.25) is 17.7 Å². The van der Waals surface area contributed by atoms with Crippen LogP contribution in [0.2, 0.25) is 0 Å². The van der Waals surface area contributed by atoms with E-state index in [2.05, 4.69) is 20.6 Å². The van der Waals surface area contributed by atoms with E-state index in [1.54, 1.807) is 18.3 Å². The van der Waals surface area contributed by atoms with E-state index in [9.17, 15) is 24.6 Å². The summed E-state index contributed by atoms with van der Waals surface area (Å²) in [4.78, 5) is 43.1. The Hall–Kier alpha value is -3.44. The van der Waals surface area contributed by atoms with E-state index in [-0.39, 0.29) is 18.6 Å². The number of aliphatic hydroxyl groups excluding tert-OH is 1. The van der Waals surface area contributed by atoms with Crippen molar-refractivity contribution in [1.29, 1.82) is 0 Å². The van der Waals surface area contributed by atoms with Crippen molar-refractivity contribution in [3.63, 3.8) is 0 Å². The number of carbonyl (C=O) groups is 3. The molecule has 0 saturated heterocycles. The molecular formula is C18H24N6O5. The second-order valence-corrected chi connectivity index (χ2v) is 6.45. The van der Waals surface area contributed by atoms with Gasteiger partial charge in [0.1, 0.15) is 17.8 Å². The number of aromatic nitrogens is 2. The monoisotopic (exact) mass is 404 g/mol. The third kappa shape index (κ3) is 6.59. The summed E-state index contributed by atoms with van der Waals surface area (Å²) in [5.74, 6) is -2.12. The maximum Gasteiger partial charge on any atom is 0.243 e. The summed E-state index contributed by atoms with van der Waals surface area (Å²) in [6.07, 6.45) is 3.19. The molecule has 1 aromatic carbocycles. The number of aromatic amines is 1. The minimum Gasteiger partial charge on any atom is -0.508 e. The van der Waals surface area contributed by atoms with E-state index in [0.717, 1.165) is 5.56 Å². The van der Waals surface area contributed by atoms with Gasteiger partial charge in [-0.3, -0.25) is 14.4 Å². The smallest absolute Gasteiger partial charge is 0.243 e. The molecule has 0 aliphatic carbocycles. The van der Waals surface area contributed by atoms with Gasteiger partial charge in [0.25, 0.3) is 0 Å². The lowest BCUT2D eigenvalue weighted by molar-refractivity contribution is -0.132. The Morgan fingerprint density at radius 3 is 2.28 bits per heavy atom. The van der Waals surface area contributed by atoms with Gasteiger partial charge in [-0.25, -0.2) is 4.98 Å². The van der Waals surface area contributed by atoms with Gasteiger partial charge in [0.05, 0.1) is 24.7 Å². The summed E-state index contributed by atoms with van der Waals surface area (Å²) in [7, 11) is 0. The van der Waals surface area contributed by atoms with Crippen molar-refractivity contribution in [1.82, 2.24) is 20.6 Å². The molecule has 1 aromatic heterocycles. The van der Waals surface area contributed by atoms with Crippen molar-refractivity contribution in [3.05, 3.63) is 48.0 Å². The maximum absolute atomic E-state index is 12.5. The van der Waals surface area contributed by atoms with Crippen molar-refractivity contribution in [2.24, 2.45) is 11.5 Å². The van der Waals surface area contributed by atoms with Crippen molar-refractivity contribution in [3.8, 4) is 5.75 Å². The molecule has 3 amide bonds. The molecule has 9 N–H and O–H groups in total. The Bertz CT molecular complexity index is 824. The first-order chi connectivity index (χ1) is 13.8. The zero-order valence-corrected chi connectivity index (χ0v) is 15.5. The number of hydrogen-bond donors (Lipinski definition) is 7. The highest BCUT2D eigenvalue weighted by atomic mass is 16.3. The highest BCUT2D eigenvalue weighted by molar-refractivity contribution is 5.92. The molecule has 0 unspecified atom stereocenters. The lowest BCUT2D eigenvalue weighted by Crippen LogP contribution is -2.57. The van der Waals surface area contributed by atoms with E-state index in [1.807, 2.05) is 0 Å². The number of primary amides is 1. The molecule has 0 bridgehead atoms. The topological polar surface area (TPSA) is 196 Å². The summed E-state index contributed by atoms with van der Waals surface area (Å²) >= 11 is 0. The second kappa shape index (κ2) is 10.2. The summed E-state index contributed by atoms with van der Waals surface area (Å²) in [6.45, 7) is -0.676. The quantitative estimate of drug-likeness (QED) is 0.230. The molecule has 2 aromatic rings. The van der Waals surface area contributed by atoms with Crippen LogP contribution in [0.5, 0.6) is 5.75 Å². The zero-order valence-electron chi connectivity index (χ0n) is 15.5. The fraction of sp³-hybridized carbons (Fsp3) is 0.333. The molecule has 29 heavy (non-hydrogen) atoms. The first kappa shape index (κ1) is 21.9. The first-order valence-electron chi connectivity index (χ1n) is 8.82. The number of phenols is 1. The van der Waals surface area contributed by atoms with Crippen LogP contribution < -0.4 is 22.1 Å². The fourth-order valence-electron chi connectivity index (χ4n) is 2.56. The highest BCUT2D eigenvalue weighted by Gasteiger charge is 2.27. The second-order valence-electron chi connectivity index (χ2n) is 6.45. The predicted octanol–water partition coefficient (Wildman–Crippen LogP) is -2.32. The largest absolute Gasteiger partial charge is 0.508 e. The van der Waals surface area contributed by atoms with Crippen LogP contribution in [-0.2, 0) is 27.2 Å². The Morgan fingerprint density at radius 2 is 1.72 bits per heavy atom. The molecule has 2 rings (SSSR count). The fourth-order valence-corrected chi connectivity index (χ4v) is 2.56. The van der Waals surface area contributed by atoms with Gasteiger partial charge < -0.3 is 37.3 Å². The molecule has 156 valence electrons. The highest BCUT2D eigenvalue weighted by Crippen LogP contribution is 2.11.